The number of hydrogen-bond acceptors (Lipinski definition) is 2. The summed E-state index contributed by atoms with van der Waals surface area (Å²) < 4.78 is 1.75. The van der Waals surface area contributed by atoms with Crippen LogP contribution in [0.2, 0.25) is 5.02 Å². The summed E-state index contributed by atoms with van der Waals surface area (Å²) in [6.07, 6.45) is 3.63. The number of carboxylic acids is 1. The number of rotatable bonds is 5. The summed E-state index contributed by atoms with van der Waals surface area (Å²) >= 11 is 6.13. The molecule has 0 saturated heterocycles. The minimum Gasteiger partial charge on any atom is -0.480 e. The van der Waals surface area contributed by atoms with Crippen LogP contribution in [0.25, 0.3) is 10.9 Å². The van der Waals surface area contributed by atoms with Gasteiger partial charge in [0.15, 0.2) is 0 Å². The van der Waals surface area contributed by atoms with Crippen molar-refractivity contribution in [1.82, 2.24) is 4.57 Å². The molecule has 2 aromatic rings. The highest BCUT2D eigenvalue weighted by molar-refractivity contribution is 6.32. The zero-order valence-corrected chi connectivity index (χ0v) is 11.6. The molecule has 1 aromatic heterocycles. The SMILES string of the molecule is Cc1c(Cl)ccc2c(CCCN)cn(CC(=O)O)c12. The normalized spacial score (nSPS) is 11.1. The number of nitrogens with zero attached hydrogens (tertiary/aromatic N) is 1. The number of carbonyl (C=O) groups is 1. The van der Waals surface area contributed by atoms with Crippen LogP contribution in [-0.2, 0) is 17.8 Å². The highest BCUT2D eigenvalue weighted by Gasteiger charge is 2.13. The van der Waals surface area contributed by atoms with Gasteiger partial charge in [-0.15, -0.1) is 0 Å². The molecule has 0 radical (unpaired) electrons. The Morgan fingerprint density at radius 3 is 2.84 bits per heavy atom. The predicted octanol–water partition coefficient (Wildman–Crippen LogP) is 2.58. The van der Waals surface area contributed by atoms with Gasteiger partial charge in [0.2, 0.25) is 0 Å². The van der Waals surface area contributed by atoms with Crippen LogP contribution in [0.4, 0.5) is 0 Å². The van der Waals surface area contributed by atoms with Crippen LogP contribution in [0.1, 0.15) is 17.5 Å². The Bertz CT molecular complexity index is 619. The van der Waals surface area contributed by atoms with E-state index in [1.807, 2.05) is 25.3 Å². The first kappa shape index (κ1) is 13.9. The lowest BCUT2D eigenvalue weighted by molar-refractivity contribution is -0.137. The molecule has 0 bridgehead atoms. The van der Waals surface area contributed by atoms with E-state index in [1.54, 1.807) is 4.57 Å². The Morgan fingerprint density at radius 1 is 1.47 bits per heavy atom. The molecule has 4 nitrogen and oxygen atoms in total. The van der Waals surface area contributed by atoms with Crippen molar-refractivity contribution < 1.29 is 9.90 Å². The molecule has 0 saturated carbocycles. The number of hydrogen-bond donors (Lipinski definition) is 2. The van der Waals surface area contributed by atoms with Crippen molar-refractivity contribution in [3.05, 3.63) is 34.5 Å². The fourth-order valence-corrected chi connectivity index (χ4v) is 2.54. The van der Waals surface area contributed by atoms with Gasteiger partial charge in [-0.05, 0) is 43.5 Å². The van der Waals surface area contributed by atoms with Gasteiger partial charge in [-0.1, -0.05) is 17.7 Å². The fraction of sp³-hybridized carbons (Fsp3) is 0.357. The number of carboxylic acid groups (broad SMARTS) is 1. The molecule has 0 aliphatic heterocycles. The topological polar surface area (TPSA) is 68.2 Å². The van der Waals surface area contributed by atoms with Crippen molar-refractivity contribution in [1.29, 1.82) is 0 Å². The predicted molar refractivity (Wildman–Crippen MR) is 76.7 cm³/mol. The second kappa shape index (κ2) is 5.63. The van der Waals surface area contributed by atoms with Crippen molar-refractivity contribution in [3.8, 4) is 0 Å². The summed E-state index contributed by atoms with van der Waals surface area (Å²) in [5, 5.41) is 10.7. The highest BCUT2D eigenvalue weighted by Crippen LogP contribution is 2.30. The fourth-order valence-electron chi connectivity index (χ4n) is 2.39. The molecule has 1 heterocycles. The van der Waals surface area contributed by atoms with Gasteiger partial charge >= 0.3 is 5.97 Å². The maximum absolute atomic E-state index is 11.0. The van der Waals surface area contributed by atoms with Crippen molar-refractivity contribution in [2.75, 3.05) is 6.54 Å². The largest absolute Gasteiger partial charge is 0.480 e. The molecule has 1 aromatic carbocycles. The minimum absolute atomic E-state index is 0.0553. The molecular weight excluding hydrogens is 264 g/mol. The third-order valence-corrected chi connectivity index (χ3v) is 3.68. The van der Waals surface area contributed by atoms with E-state index < -0.39 is 5.97 Å². The third kappa shape index (κ3) is 2.74. The van der Waals surface area contributed by atoms with E-state index in [0.717, 1.165) is 34.9 Å². The lowest BCUT2D eigenvalue weighted by Crippen LogP contribution is -2.08. The van der Waals surface area contributed by atoms with E-state index in [9.17, 15) is 4.79 Å². The number of aryl methyl sites for hydroxylation is 2. The molecule has 0 spiro atoms. The number of benzene rings is 1. The third-order valence-electron chi connectivity index (χ3n) is 3.27. The first-order valence-corrected chi connectivity index (χ1v) is 6.61. The Balaban J connectivity index is 2.59. The van der Waals surface area contributed by atoms with Crippen molar-refractivity contribution in [3.63, 3.8) is 0 Å². The molecule has 0 fully saturated rings. The van der Waals surface area contributed by atoms with Gasteiger partial charge in [-0.3, -0.25) is 4.79 Å². The molecule has 0 aliphatic carbocycles. The maximum Gasteiger partial charge on any atom is 0.323 e. The number of aliphatic carboxylic acids is 1. The number of halogens is 1. The van der Waals surface area contributed by atoms with Crippen molar-refractivity contribution in [2.45, 2.75) is 26.3 Å². The van der Waals surface area contributed by atoms with E-state index in [0.29, 0.717) is 11.6 Å². The van der Waals surface area contributed by atoms with Crippen LogP contribution in [0.5, 0.6) is 0 Å². The zero-order valence-electron chi connectivity index (χ0n) is 10.8. The number of fused-ring (bicyclic) bond motifs is 1. The van der Waals surface area contributed by atoms with Crippen LogP contribution in [-0.4, -0.2) is 22.2 Å². The first-order valence-electron chi connectivity index (χ1n) is 6.23. The van der Waals surface area contributed by atoms with Gasteiger partial charge in [-0.2, -0.15) is 0 Å². The zero-order chi connectivity index (χ0) is 14.0. The number of aromatic nitrogens is 1. The summed E-state index contributed by atoms with van der Waals surface area (Å²) in [5.41, 5.74) is 8.49. The summed E-state index contributed by atoms with van der Waals surface area (Å²) in [5.74, 6) is -0.860. The smallest absolute Gasteiger partial charge is 0.323 e. The van der Waals surface area contributed by atoms with Crippen LogP contribution in [0.3, 0.4) is 0 Å². The van der Waals surface area contributed by atoms with Crippen LogP contribution in [0, 0.1) is 6.92 Å². The standard InChI is InChI=1S/C14H17ClN2O2/c1-9-12(15)5-4-11-10(3-2-6-16)7-17(14(9)11)8-13(18)19/h4-5,7H,2-3,6,8,16H2,1H3,(H,18,19). The Labute approximate surface area is 116 Å². The minimum atomic E-state index is -0.860. The van der Waals surface area contributed by atoms with E-state index in [1.165, 1.54) is 0 Å². The maximum atomic E-state index is 11.0. The average molecular weight is 281 g/mol. The quantitative estimate of drug-likeness (QED) is 0.884. The van der Waals surface area contributed by atoms with Crippen LogP contribution >= 0.6 is 11.6 Å². The van der Waals surface area contributed by atoms with Gasteiger partial charge in [0.05, 0.1) is 5.52 Å². The van der Waals surface area contributed by atoms with E-state index in [-0.39, 0.29) is 6.54 Å². The molecule has 3 N–H and O–H groups in total. The molecule has 0 unspecified atom stereocenters. The molecular formula is C14H17ClN2O2. The molecule has 5 heteroatoms. The molecule has 19 heavy (non-hydrogen) atoms. The molecule has 0 aliphatic rings. The molecule has 0 amide bonds. The second-order valence-electron chi connectivity index (χ2n) is 4.64. The Hall–Kier alpha value is -1.52. The summed E-state index contributed by atoms with van der Waals surface area (Å²) in [6, 6.07) is 3.81. The van der Waals surface area contributed by atoms with Gasteiger partial charge in [0.1, 0.15) is 6.54 Å². The summed E-state index contributed by atoms with van der Waals surface area (Å²) in [6.45, 7) is 2.48. The molecule has 0 atom stereocenters. The lowest BCUT2D eigenvalue weighted by atomic mass is 10.1. The van der Waals surface area contributed by atoms with Gasteiger partial charge < -0.3 is 15.4 Å². The highest BCUT2D eigenvalue weighted by atomic mass is 35.5. The van der Waals surface area contributed by atoms with Crippen molar-refractivity contribution in [2.24, 2.45) is 5.73 Å². The van der Waals surface area contributed by atoms with Gasteiger partial charge in [0.25, 0.3) is 0 Å². The van der Waals surface area contributed by atoms with E-state index >= 15 is 0 Å². The van der Waals surface area contributed by atoms with Gasteiger partial charge in [-0.25, -0.2) is 0 Å². The Morgan fingerprint density at radius 2 is 2.21 bits per heavy atom. The van der Waals surface area contributed by atoms with Gasteiger partial charge in [0, 0.05) is 16.6 Å². The van der Waals surface area contributed by atoms with Crippen molar-refractivity contribution >= 4 is 28.5 Å². The van der Waals surface area contributed by atoms with Crippen LogP contribution in [0.15, 0.2) is 18.3 Å². The monoisotopic (exact) mass is 280 g/mol. The second-order valence-corrected chi connectivity index (χ2v) is 5.04. The summed E-state index contributed by atoms with van der Waals surface area (Å²) in [4.78, 5) is 11.0. The molecule has 102 valence electrons. The summed E-state index contributed by atoms with van der Waals surface area (Å²) in [7, 11) is 0. The number of nitrogens with two attached hydrogens (primary N) is 1. The molecule has 2 rings (SSSR count). The Kier molecular flexibility index (Phi) is 4.12. The average Bonchev–Trinajstić information content (AvgIpc) is 2.69. The van der Waals surface area contributed by atoms with Crippen LogP contribution < -0.4 is 5.73 Å². The first-order chi connectivity index (χ1) is 9.04. The lowest BCUT2D eigenvalue weighted by Gasteiger charge is -2.06. The van der Waals surface area contributed by atoms with E-state index in [4.69, 9.17) is 22.4 Å². The van der Waals surface area contributed by atoms with E-state index in [2.05, 4.69) is 0 Å².